The van der Waals surface area contributed by atoms with E-state index < -0.39 is 12.2 Å². The quantitative estimate of drug-likeness (QED) is 0.837. The first kappa shape index (κ1) is 16.6. The van der Waals surface area contributed by atoms with Crippen molar-refractivity contribution in [1.82, 2.24) is 14.7 Å². The van der Waals surface area contributed by atoms with E-state index in [9.17, 15) is 9.59 Å². The average molecular weight is 353 g/mol. The summed E-state index contributed by atoms with van der Waals surface area (Å²) in [5.41, 5.74) is 3.03. The minimum atomic E-state index is -0.497. The predicted octanol–water partition coefficient (Wildman–Crippen LogP) is 2.43. The molecule has 2 atom stereocenters. The van der Waals surface area contributed by atoms with Gasteiger partial charge in [-0.3, -0.25) is 19.5 Å². The standard InChI is InChI=1S/C19H23N5O2/c1-5-11-22-17(25)15-16(21(4)19(22)26)20-18-23(12(2)13(3)24(15)18)14-9-7-6-8-10-14/h6-10,15-16H,5,11H2,1-4H3. The summed E-state index contributed by atoms with van der Waals surface area (Å²) in [6, 6.07) is 9.20. The molecule has 0 radical (unpaired) electrons. The molecular weight excluding hydrogens is 330 g/mol. The van der Waals surface area contributed by atoms with E-state index in [2.05, 4.69) is 4.90 Å². The first-order chi connectivity index (χ1) is 12.5. The molecule has 0 bridgehead atoms. The molecular formula is C19H23N5O2. The van der Waals surface area contributed by atoms with Crippen molar-refractivity contribution < 1.29 is 9.59 Å². The molecule has 0 aliphatic carbocycles. The summed E-state index contributed by atoms with van der Waals surface area (Å²) in [6.45, 7) is 6.43. The summed E-state index contributed by atoms with van der Waals surface area (Å²) in [5.74, 6) is 0.549. The highest BCUT2D eigenvalue weighted by atomic mass is 16.2. The number of nitrogens with zero attached hydrogens (tertiary/aromatic N) is 5. The molecule has 3 aliphatic rings. The lowest BCUT2D eigenvalue weighted by atomic mass is 10.1. The van der Waals surface area contributed by atoms with Crippen molar-refractivity contribution in [1.29, 1.82) is 0 Å². The van der Waals surface area contributed by atoms with Crippen LogP contribution in [0.5, 0.6) is 0 Å². The molecule has 1 aromatic carbocycles. The van der Waals surface area contributed by atoms with Crippen LogP contribution in [0.4, 0.5) is 10.5 Å². The van der Waals surface area contributed by atoms with E-state index in [0.717, 1.165) is 23.5 Å². The first-order valence-corrected chi connectivity index (χ1v) is 8.95. The van der Waals surface area contributed by atoms with E-state index >= 15 is 0 Å². The minimum Gasteiger partial charge on any atom is -0.302 e. The molecule has 1 fully saturated rings. The molecule has 0 spiro atoms. The van der Waals surface area contributed by atoms with Gasteiger partial charge in [0.25, 0.3) is 5.91 Å². The van der Waals surface area contributed by atoms with Crippen LogP contribution in [0.3, 0.4) is 0 Å². The van der Waals surface area contributed by atoms with Gasteiger partial charge in [-0.2, -0.15) is 0 Å². The van der Waals surface area contributed by atoms with Crippen molar-refractivity contribution in [3.05, 3.63) is 41.7 Å². The molecule has 0 saturated carbocycles. The van der Waals surface area contributed by atoms with Gasteiger partial charge in [-0.15, -0.1) is 0 Å². The molecule has 3 amide bonds. The molecule has 7 heteroatoms. The van der Waals surface area contributed by atoms with Crippen LogP contribution in [-0.2, 0) is 4.79 Å². The topological polar surface area (TPSA) is 59.5 Å². The van der Waals surface area contributed by atoms with Crippen molar-refractivity contribution in [3.8, 4) is 0 Å². The highest BCUT2D eigenvalue weighted by molar-refractivity contribution is 6.10. The van der Waals surface area contributed by atoms with Gasteiger partial charge in [-0.1, -0.05) is 25.1 Å². The number of imide groups is 1. The van der Waals surface area contributed by atoms with Gasteiger partial charge in [0.2, 0.25) is 5.96 Å². The zero-order valence-electron chi connectivity index (χ0n) is 15.5. The van der Waals surface area contributed by atoms with Crippen LogP contribution in [0.25, 0.3) is 0 Å². The summed E-state index contributed by atoms with van der Waals surface area (Å²) in [6.07, 6.45) is 0.243. The molecule has 1 saturated heterocycles. The Hall–Kier alpha value is -2.83. The zero-order valence-corrected chi connectivity index (χ0v) is 15.5. The van der Waals surface area contributed by atoms with Gasteiger partial charge in [0, 0.05) is 30.7 Å². The summed E-state index contributed by atoms with van der Waals surface area (Å²) in [5, 5.41) is 0. The Morgan fingerprint density at radius 2 is 1.77 bits per heavy atom. The minimum absolute atomic E-state index is 0.166. The maximum Gasteiger partial charge on any atom is 0.328 e. The zero-order chi connectivity index (χ0) is 18.6. The molecule has 2 unspecified atom stereocenters. The molecule has 1 aromatic rings. The third-order valence-corrected chi connectivity index (χ3v) is 5.35. The van der Waals surface area contributed by atoms with Crippen molar-refractivity contribution in [2.24, 2.45) is 4.99 Å². The number of urea groups is 1. The maximum absolute atomic E-state index is 13.1. The van der Waals surface area contributed by atoms with Crippen molar-refractivity contribution >= 4 is 23.6 Å². The number of para-hydroxylation sites is 1. The number of rotatable bonds is 3. The van der Waals surface area contributed by atoms with Gasteiger partial charge in [0.05, 0.1) is 0 Å². The summed E-state index contributed by atoms with van der Waals surface area (Å²) >= 11 is 0. The van der Waals surface area contributed by atoms with Crippen LogP contribution in [0.2, 0.25) is 0 Å². The normalized spacial score (nSPS) is 25.2. The SMILES string of the molecule is CCCN1C(=O)C2C(N=C3N(c4ccccc4)C(C)=C(C)N32)N(C)C1=O. The Morgan fingerprint density at radius 1 is 1.08 bits per heavy atom. The van der Waals surface area contributed by atoms with E-state index in [1.54, 1.807) is 11.9 Å². The second-order valence-corrected chi connectivity index (χ2v) is 6.88. The fourth-order valence-corrected chi connectivity index (χ4v) is 3.93. The van der Waals surface area contributed by atoms with E-state index in [4.69, 9.17) is 4.99 Å². The fourth-order valence-electron chi connectivity index (χ4n) is 3.93. The largest absolute Gasteiger partial charge is 0.328 e. The number of likely N-dealkylation sites (N-methyl/N-ethyl adjacent to an activating group) is 1. The number of amides is 3. The number of allylic oxidation sites excluding steroid dienone is 2. The van der Waals surface area contributed by atoms with E-state index in [-0.39, 0.29) is 11.9 Å². The van der Waals surface area contributed by atoms with Gasteiger partial charge < -0.3 is 4.90 Å². The number of anilines is 1. The molecule has 0 N–H and O–H groups in total. The molecule has 26 heavy (non-hydrogen) atoms. The molecule has 0 aromatic heterocycles. The number of guanidine groups is 1. The lowest BCUT2D eigenvalue weighted by Gasteiger charge is -2.40. The van der Waals surface area contributed by atoms with Crippen LogP contribution in [0.15, 0.2) is 46.7 Å². The Bertz CT molecular complexity index is 832. The lowest BCUT2D eigenvalue weighted by Crippen LogP contribution is -2.64. The van der Waals surface area contributed by atoms with Gasteiger partial charge in [0.1, 0.15) is 0 Å². The number of fused-ring (bicyclic) bond motifs is 3. The highest BCUT2D eigenvalue weighted by Gasteiger charge is 2.55. The molecule has 7 nitrogen and oxygen atoms in total. The highest BCUT2D eigenvalue weighted by Crippen LogP contribution is 2.39. The van der Waals surface area contributed by atoms with E-state index in [0.29, 0.717) is 12.5 Å². The number of hydrogen-bond donors (Lipinski definition) is 0. The van der Waals surface area contributed by atoms with Gasteiger partial charge in [-0.25, -0.2) is 9.79 Å². The second kappa shape index (κ2) is 5.86. The second-order valence-electron chi connectivity index (χ2n) is 6.88. The molecule has 4 rings (SSSR count). The van der Waals surface area contributed by atoms with E-state index in [1.807, 2.05) is 56.0 Å². The first-order valence-electron chi connectivity index (χ1n) is 8.95. The molecule has 3 aliphatic heterocycles. The molecule has 3 heterocycles. The van der Waals surface area contributed by atoms with Gasteiger partial charge >= 0.3 is 6.03 Å². The average Bonchev–Trinajstić information content (AvgIpc) is 3.14. The smallest absolute Gasteiger partial charge is 0.302 e. The van der Waals surface area contributed by atoms with E-state index in [1.165, 1.54) is 4.90 Å². The summed E-state index contributed by atoms with van der Waals surface area (Å²) in [7, 11) is 1.72. The third kappa shape index (κ3) is 2.09. The van der Waals surface area contributed by atoms with Crippen molar-refractivity contribution in [2.45, 2.75) is 39.4 Å². The van der Waals surface area contributed by atoms with Crippen LogP contribution in [0, 0.1) is 0 Å². The number of hydrogen-bond acceptors (Lipinski definition) is 5. The number of benzene rings is 1. The fraction of sp³-hybridized carbons (Fsp3) is 0.421. The van der Waals surface area contributed by atoms with Crippen molar-refractivity contribution in [2.75, 3.05) is 18.5 Å². The summed E-state index contributed by atoms with van der Waals surface area (Å²) < 4.78 is 0. The Kier molecular flexibility index (Phi) is 3.75. The Morgan fingerprint density at radius 3 is 2.42 bits per heavy atom. The van der Waals surface area contributed by atoms with Crippen LogP contribution in [-0.4, -0.2) is 58.4 Å². The summed E-state index contributed by atoms with van der Waals surface area (Å²) in [4.78, 5) is 37.5. The Labute approximate surface area is 153 Å². The maximum atomic E-state index is 13.1. The van der Waals surface area contributed by atoms with Crippen LogP contribution >= 0.6 is 0 Å². The van der Waals surface area contributed by atoms with Crippen molar-refractivity contribution in [3.63, 3.8) is 0 Å². The predicted molar refractivity (Wildman–Crippen MR) is 99.3 cm³/mol. The number of aliphatic imine (C=N–C) groups is 1. The Balaban J connectivity index is 1.78. The van der Waals surface area contributed by atoms with Crippen LogP contribution in [0.1, 0.15) is 27.2 Å². The number of carbonyl (C=O) groups excluding carboxylic acids is 2. The van der Waals surface area contributed by atoms with Gasteiger partial charge in [-0.05, 0) is 32.4 Å². The third-order valence-electron chi connectivity index (χ3n) is 5.35. The van der Waals surface area contributed by atoms with Crippen LogP contribution < -0.4 is 4.90 Å². The lowest BCUT2D eigenvalue weighted by molar-refractivity contribution is -0.136. The van der Waals surface area contributed by atoms with Gasteiger partial charge in [0.15, 0.2) is 12.2 Å². The number of carbonyl (C=O) groups is 2. The molecule has 136 valence electrons. The monoisotopic (exact) mass is 353 g/mol.